The molecule has 1 atom stereocenters. The van der Waals surface area contributed by atoms with Crippen molar-refractivity contribution in [3.63, 3.8) is 0 Å². The molecule has 164 valence electrons. The molecule has 0 aliphatic carbocycles. The zero-order valence-corrected chi connectivity index (χ0v) is 18.4. The molecule has 4 rings (SSSR count). The molecule has 0 spiro atoms. The standard InChI is InChI=1S/C21H22FN3O4S2/c1-13-20(26)24-18-12-15(6-7-19(18)30-13)31(28,29)25-10-8-14(9-11-25)21(27)23-17-5-3-2-4-16(17)22/h2-7,12-14H,8-11H2,1H3,(H,23,27)(H,24,26)/t13-/m0/s1. The molecule has 2 heterocycles. The molecule has 2 aromatic rings. The van der Waals surface area contributed by atoms with Gasteiger partial charge in [-0.1, -0.05) is 12.1 Å². The molecule has 1 saturated heterocycles. The van der Waals surface area contributed by atoms with Crippen molar-refractivity contribution in [3.8, 4) is 0 Å². The second-order valence-corrected chi connectivity index (χ2v) is 10.9. The SMILES string of the molecule is C[C@@H]1Sc2ccc(S(=O)(=O)N3CCC(C(=O)Nc4ccccc4F)CC3)cc2NC1=O. The predicted molar refractivity (Wildman–Crippen MR) is 117 cm³/mol. The first kappa shape index (κ1) is 21.8. The summed E-state index contributed by atoms with van der Waals surface area (Å²) < 4.78 is 41.3. The molecule has 2 N–H and O–H groups in total. The highest BCUT2D eigenvalue weighted by molar-refractivity contribution is 8.01. The Kier molecular flexibility index (Phi) is 6.05. The minimum absolute atomic E-state index is 0.107. The molecule has 31 heavy (non-hydrogen) atoms. The van der Waals surface area contributed by atoms with Crippen LogP contribution in [0.5, 0.6) is 0 Å². The molecule has 1 fully saturated rings. The molecule has 0 unspecified atom stereocenters. The Morgan fingerprint density at radius 1 is 1.19 bits per heavy atom. The van der Waals surface area contributed by atoms with Crippen LogP contribution in [0.2, 0.25) is 0 Å². The summed E-state index contributed by atoms with van der Waals surface area (Å²) in [4.78, 5) is 25.3. The van der Waals surface area contributed by atoms with Gasteiger partial charge >= 0.3 is 0 Å². The summed E-state index contributed by atoms with van der Waals surface area (Å²) in [5.41, 5.74) is 0.610. The average molecular weight is 464 g/mol. The maximum atomic E-state index is 13.8. The lowest BCUT2D eigenvalue weighted by atomic mass is 9.97. The molecular weight excluding hydrogens is 441 g/mol. The Hall–Kier alpha value is -2.43. The molecule has 7 nitrogen and oxygen atoms in total. The normalized spacial score (nSPS) is 20.1. The van der Waals surface area contributed by atoms with E-state index in [-0.39, 0.29) is 40.7 Å². The van der Waals surface area contributed by atoms with Crippen molar-refractivity contribution in [2.45, 2.75) is 34.8 Å². The van der Waals surface area contributed by atoms with Crippen LogP contribution in [0, 0.1) is 11.7 Å². The van der Waals surface area contributed by atoms with Gasteiger partial charge < -0.3 is 10.6 Å². The summed E-state index contributed by atoms with van der Waals surface area (Å²) in [6.07, 6.45) is 0.684. The van der Waals surface area contributed by atoms with Crippen molar-refractivity contribution in [3.05, 3.63) is 48.3 Å². The van der Waals surface area contributed by atoms with Crippen molar-refractivity contribution >= 4 is 45.0 Å². The topological polar surface area (TPSA) is 95.6 Å². The Bertz CT molecular complexity index is 1130. The fourth-order valence-electron chi connectivity index (χ4n) is 3.65. The van der Waals surface area contributed by atoms with Crippen LogP contribution in [0.1, 0.15) is 19.8 Å². The van der Waals surface area contributed by atoms with Gasteiger partial charge in [-0.15, -0.1) is 11.8 Å². The summed E-state index contributed by atoms with van der Waals surface area (Å²) in [7, 11) is -3.76. The highest BCUT2D eigenvalue weighted by Gasteiger charge is 2.33. The molecule has 2 aliphatic heterocycles. The molecule has 2 aliphatic rings. The lowest BCUT2D eigenvalue weighted by molar-refractivity contribution is -0.121. The van der Waals surface area contributed by atoms with E-state index in [2.05, 4.69) is 10.6 Å². The molecule has 0 saturated carbocycles. The van der Waals surface area contributed by atoms with E-state index in [1.54, 1.807) is 31.2 Å². The molecular formula is C21H22FN3O4S2. The number of sulfonamides is 1. The van der Waals surface area contributed by atoms with E-state index in [1.807, 2.05) is 0 Å². The zero-order chi connectivity index (χ0) is 22.2. The monoisotopic (exact) mass is 463 g/mol. The highest BCUT2D eigenvalue weighted by atomic mass is 32.2. The van der Waals surface area contributed by atoms with Crippen LogP contribution in [0.25, 0.3) is 0 Å². The van der Waals surface area contributed by atoms with Crippen LogP contribution in [0.3, 0.4) is 0 Å². The summed E-state index contributed by atoms with van der Waals surface area (Å²) in [5.74, 6) is -1.38. The van der Waals surface area contributed by atoms with Gasteiger partial charge in [-0.3, -0.25) is 9.59 Å². The number of thioether (sulfide) groups is 1. The first-order valence-corrected chi connectivity index (χ1v) is 12.2. The van der Waals surface area contributed by atoms with Gasteiger partial charge in [0.05, 0.1) is 21.5 Å². The largest absolute Gasteiger partial charge is 0.324 e. The molecule has 2 amide bonds. The number of rotatable bonds is 4. The van der Waals surface area contributed by atoms with Gasteiger partial charge in [0.15, 0.2) is 0 Å². The number of hydrogen-bond acceptors (Lipinski definition) is 5. The van der Waals surface area contributed by atoms with Gasteiger partial charge in [-0.2, -0.15) is 4.31 Å². The first-order chi connectivity index (χ1) is 14.8. The Balaban J connectivity index is 1.42. The summed E-state index contributed by atoms with van der Waals surface area (Å²) in [6, 6.07) is 10.7. The minimum atomic E-state index is -3.76. The lowest BCUT2D eigenvalue weighted by Gasteiger charge is -2.31. The number of amides is 2. The number of hydrogen-bond donors (Lipinski definition) is 2. The second kappa shape index (κ2) is 8.60. The van der Waals surface area contributed by atoms with Crippen molar-refractivity contribution in [2.75, 3.05) is 23.7 Å². The molecule has 0 bridgehead atoms. The van der Waals surface area contributed by atoms with E-state index in [1.165, 1.54) is 34.3 Å². The van der Waals surface area contributed by atoms with E-state index in [4.69, 9.17) is 0 Å². The van der Waals surface area contributed by atoms with Gasteiger partial charge in [-0.05, 0) is 50.1 Å². The Morgan fingerprint density at radius 2 is 1.90 bits per heavy atom. The Labute approximate surface area is 184 Å². The number of anilines is 2. The average Bonchev–Trinajstić information content (AvgIpc) is 2.76. The zero-order valence-electron chi connectivity index (χ0n) is 16.8. The van der Waals surface area contributed by atoms with E-state index < -0.39 is 21.8 Å². The van der Waals surface area contributed by atoms with Crippen LogP contribution in [-0.2, 0) is 19.6 Å². The first-order valence-electron chi connectivity index (χ1n) is 9.93. The molecule has 2 aromatic carbocycles. The van der Waals surface area contributed by atoms with Crippen molar-refractivity contribution < 1.29 is 22.4 Å². The lowest BCUT2D eigenvalue weighted by Crippen LogP contribution is -2.41. The number of fused-ring (bicyclic) bond motifs is 1. The molecule has 0 radical (unpaired) electrons. The van der Waals surface area contributed by atoms with E-state index in [9.17, 15) is 22.4 Å². The Morgan fingerprint density at radius 3 is 2.61 bits per heavy atom. The third-order valence-corrected chi connectivity index (χ3v) is 8.55. The van der Waals surface area contributed by atoms with Crippen molar-refractivity contribution in [2.24, 2.45) is 5.92 Å². The maximum Gasteiger partial charge on any atom is 0.243 e. The summed E-state index contributed by atoms with van der Waals surface area (Å²) in [6.45, 7) is 2.17. The van der Waals surface area contributed by atoms with Crippen LogP contribution < -0.4 is 10.6 Å². The number of nitrogens with one attached hydrogen (secondary N) is 2. The summed E-state index contributed by atoms with van der Waals surface area (Å²) >= 11 is 1.39. The smallest absolute Gasteiger partial charge is 0.243 e. The number of piperidine rings is 1. The van der Waals surface area contributed by atoms with Crippen LogP contribution >= 0.6 is 11.8 Å². The minimum Gasteiger partial charge on any atom is -0.324 e. The quantitative estimate of drug-likeness (QED) is 0.726. The number of benzene rings is 2. The predicted octanol–water partition coefficient (Wildman–Crippen LogP) is 3.30. The number of carbonyl (C=O) groups excluding carboxylic acids is 2. The van der Waals surface area contributed by atoms with E-state index in [0.29, 0.717) is 18.5 Å². The van der Waals surface area contributed by atoms with Gasteiger partial charge in [0.25, 0.3) is 0 Å². The van der Waals surface area contributed by atoms with Gasteiger partial charge in [-0.25, -0.2) is 12.8 Å². The number of nitrogens with zero attached hydrogens (tertiary/aromatic N) is 1. The van der Waals surface area contributed by atoms with E-state index in [0.717, 1.165) is 4.90 Å². The number of halogens is 1. The number of para-hydroxylation sites is 1. The third-order valence-electron chi connectivity index (χ3n) is 5.48. The maximum absolute atomic E-state index is 13.8. The van der Waals surface area contributed by atoms with Gasteiger partial charge in [0.2, 0.25) is 21.8 Å². The van der Waals surface area contributed by atoms with Crippen LogP contribution in [0.15, 0.2) is 52.3 Å². The van der Waals surface area contributed by atoms with Crippen molar-refractivity contribution in [1.29, 1.82) is 0 Å². The number of carbonyl (C=O) groups is 2. The summed E-state index contributed by atoms with van der Waals surface area (Å²) in [5, 5.41) is 5.10. The fourth-order valence-corrected chi connectivity index (χ4v) is 6.08. The van der Waals surface area contributed by atoms with Crippen LogP contribution in [0.4, 0.5) is 15.8 Å². The third kappa shape index (κ3) is 4.46. The second-order valence-electron chi connectivity index (χ2n) is 7.55. The van der Waals surface area contributed by atoms with Crippen LogP contribution in [-0.4, -0.2) is 42.9 Å². The van der Waals surface area contributed by atoms with Gasteiger partial charge in [0.1, 0.15) is 5.82 Å². The highest BCUT2D eigenvalue weighted by Crippen LogP contribution is 2.37. The van der Waals surface area contributed by atoms with Crippen molar-refractivity contribution in [1.82, 2.24) is 4.31 Å². The van der Waals surface area contributed by atoms with E-state index >= 15 is 0 Å². The fraction of sp³-hybridized carbons (Fsp3) is 0.333. The van der Waals surface area contributed by atoms with Gasteiger partial charge in [0, 0.05) is 23.9 Å². The molecule has 0 aromatic heterocycles. The molecule has 10 heteroatoms.